The topological polar surface area (TPSA) is 87.7 Å². The van der Waals surface area contributed by atoms with Crippen LogP contribution in [0.25, 0.3) is 0 Å². The summed E-state index contributed by atoms with van der Waals surface area (Å²) >= 11 is 0. The van der Waals surface area contributed by atoms with Crippen LogP contribution in [0, 0.1) is 0 Å². The first-order chi connectivity index (χ1) is 12.4. The van der Waals surface area contributed by atoms with Gasteiger partial charge in [-0.1, -0.05) is 13.3 Å². The van der Waals surface area contributed by atoms with Gasteiger partial charge < -0.3 is 15.4 Å². The Balaban J connectivity index is 2.18. The largest absolute Gasteiger partial charge is 0.495 e. The predicted molar refractivity (Wildman–Crippen MR) is 102 cm³/mol. The van der Waals surface area contributed by atoms with Gasteiger partial charge in [0.25, 0.3) is 0 Å². The number of carbonyl (C=O) groups is 1. The second kappa shape index (κ2) is 9.34. The number of hydrogen-bond acceptors (Lipinski definition) is 5. The van der Waals surface area contributed by atoms with E-state index in [-0.39, 0.29) is 23.4 Å². The minimum absolute atomic E-state index is 0.154. The first-order valence-electron chi connectivity index (χ1n) is 9.10. The van der Waals surface area contributed by atoms with E-state index in [1.54, 1.807) is 6.07 Å². The molecule has 7 nitrogen and oxygen atoms in total. The molecule has 1 fully saturated rings. The van der Waals surface area contributed by atoms with Gasteiger partial charge >= 0.3 is 0 Å². The van der Waals surface area contributed by atoms with Crippen molar-refractivity contribution in [3.05, 3.63) is 18.2 Å². The van der Waals surface area contributed by atoms with E-state index in [1.807, 2.05) is 13.8 Å². The Morgan fingerprint density at radius 1 is 1.27 bits per heavy atom. The molecule has 146 valence electrons. The maximum Gasteiger partial charge on any atom is 0.243 e. The van der Waals surface area contributed by atoms with E-state index in [4.69, 9.17) is 4.74 Å². The molecule has 1 amide bonds. The number of carbonyl (C=O) groups excluding carboxylic acids is 1. The number of piperidine rings is 1. The van der Waals surface area contributed by atoms with E-state index >= 15 is 0 Å². The summed E-state index contributed by atoms with van der Waals surface area (Å²) in [4.78, 5) is 12.3. The van der Waals surface area contributed by atoms with Crippen LogP contribution in [-0.2, 0) is 14.8 Å². The number of nitrogens with zero attached hydrogens (tertiary/aromatic N) is 1. The summed E-state index contributed by atoms with van der Waals surface area (Å²) in [5, 5.41) is 5.85. The molecule has 0 spiro atoms. The van der Waals surface area contributed by atoms with Gasteiger partial charge in [0.2, 0.25) is 15.9 Å². The van der Waals surface area contributed by atoms with Gasteiger partial charge in [0.15, 0.2) is 0 Å². The Morgan fingerprint density at radius 3 is 2.58 bits per heavy atom. The summed E-state index contributed by atoms with van der Waals surface area (Å²) in [7, 11) is -2.08. The van der Waals surface area contributed by atoms with Crippen molar-refractivity contribution in [1.29, 1.82) is 0 Å². The van der Waals surface area contributed by atoms with Crippen molar-refractivity contribution in [3.63, 3.8) is 0 Å². The third kappa shape index (κ3) is 5.18. The number of ether oxygens (including phenoxy) is 1. The Labute approximate surface area is 156 Å². The third-order valence-corrected chi connectivity index (χ3v) is 6.52. The lowest BCUT2D eigenvalue weighted by molar-refractivity contribution is -0.115. The number of sulfonamides is 1. The fourth-order valence-corrected chi connectivity index (χ4v) is 4.35. The number of methoxy groups -OCH3 is 1. The summed E-state index contributed by atoms with van der Waals surface area (Å²) in [5.41, 5.74) is 0.363. The van der Waals surface area contributed by atoms with E-state index in [9.17, 15) is 13.2 Å². The summed E-state index contributed by atoms with van der Waals surface area (Å²) in [5.74, 6) is 0.190. The zero-order valence-electron chi connectivity index (χ0n) is 15.7. The summed E-state index contributed by atoms with van der Waals surface area (Å²) < 4.78 is 32.4. The molecule has 1 atom stereocenters. The molecule has 2 rings (SSSR count). The molecular formula is C18H29N3O4S. The maximum atomic E-state index is 12.8. The minimum atomic E-state index is -3.56. The molecule has 0 aliphatic carbocycles. The van der Waals surface area contributed by atoms with Gasteiger partial charge in [0, 0.05) is 19.1 Å². The summed E-state index contributed by atoms with van der Waals surface area (Å²) in [6.07, 6.45) is 3.72. The Kier molecular flexibility index (Phi) is 7.43. The molecule has 2 N–H and O–H groups in total. The lowest BCUT2D eigenvalue weighted by atomic mass is 10.2. The first-order valence-corrected chi connectivity index (χ1v) is 10.5. The molecule has 1 aliphatic heterocycles. The summed E-state index contributed by atoms with van der Waals surface area (Å²) in [6.45, 7) is 5.26. The molecule has 1 aliphatic rings. The number of nitrogens with one attached hydrogen (secondary N) is 2. The minimum Gasteiger partial charge on any atom is -0.495 e. The van der Waals surface area contributed by atoms with Crippen molar-refractivity contribution in [1.82, 2.24) is 9.62 Å². The van der Waals surface area contributed by atoms with E-state index in [0.717, 1.165) is 25.7 Å². The predicted octanol–water partition coefficient (Wildman–Crippen LogP) is 2.20. The zero-order chi connectivity index (χ0) is 19.2. The average molecular weight is 384 g/mol. The Hall–Kier alpha value is -1.64. The van der Waals surface area contributed by atoms with E-state index in [1.165, 1.54) is 23.5 Å². The van der Waals surface area contributed by atoms with E-state index in [2.05, 4.69) is 10.6 Å². The van der Waals surface area contributed by atoms with Crippen molar-refractivity contribution < 1.29 is 17.9 Å². The number of benzene rings is 1. The van der Waals surface area contributed by atoms with Gasteiger partial charge in [-0.25, -0.2) is 8.42 Å². The van der Waals surface area contributed by atoms with Crippen molar-refractivity contribution >= 4 is 21.6 Å². The molecule has 8 heteroatoms. The number of rotatable bonds is 8. The van der Waals surface area contributed by atoms with Crippen molar-refractivity contribution in [2.24, 2.45) is 0 Å². The monoisotopic (exact) mass is 383 g/mol. The average Bonchev–Trinajstić information content (AvgIpc) is 2.66. The molecule has 1 aromatic rings. The molecule has 0 radical (unpaired) electrons. The highest BCUT2D eigenvalue weighted by Crippen LogP contribution is 2.29. The van der Waals surface area contributed by atoms with Crippen LogP contribution < -0.4 is 15.4 Å². The second-order valence-corrected chi connectivity index (χ2v) is 8.50. The molecule has 0 bridgehead atoms. The van der Waals surface area contributed by atoms with Crippen molar-refractivity contribution in [3.8, 4) is 5.75 Å². The van der Waals surface area contributed by atoms with Crippen LogP contribution in [0.15, 0.2) is 23.1 Å². The molecule has 26 heavy (non-hydrogen) atoms. The first kappa shape index (κ1) is 20.7. The number of hydrogen-bond donors (Lipinski definition) is 2. The summed E-state index contributed by atoms with van der Waals surface area (Å²) in [6, 6.07) is 4.81. The fourth-order valence-electron chi connectivity index (χ4n) is 2.81. The zero-order valence-corrected chi connectivity index (χ0v) is 16.6. The Bertz CT molecular complexity index is 715. The normalized spacial score (nSPS) is 16.9. The molecule has 1 heterocycles. The number of anilines is 1. The fraction of sp³-hybridized carbons (Fsp3) is 0.611. The van der Waals surface area contributed by atoms with E-state index < -0.39 is 10.0 Å². The van der Waals surface area contributed by atoms with Gasteiger partial charge in [0.05, 0.1) is 24.2 Å². The van der Waals surface area contributed by atoms with Crippen LogP contribution in [-0.4, -0.2) is 51.4 Å². The van der Waals surface area contributed by atoms with Crippen molar-refractivity contribution in [2.75, 3.05) is 32.1 Å². The molecule has 1 saturated heterocycles. The number of amides is 1. The Morgan fingerprint density at radius 2 is 1.96 bits per heavy atom. The lowest BCUT2D eigenvalue weighted by Gasteiger charge is -2.26. The van der Waals surface area contributed by atoms with Crippen LogP contribution in [0.5, 0.6) is 5.75 Å². The molecule has 0 aromatic heterocycles. The molecular weight excluding hydrogens is 354 g/mol. The van der Waals surface area contributed by atoms with Gasteiger partial charge in [-0.05, 0) is 44.4 Å². The van der Waals surface area contributed by atoms with Crippen LogP contribution in [0.4, 0.5) is 5.69 Å². The highest BCUT2D eigenvalue weighted by molar-refractivity contribution is 7.89. The second-order valence-electron chi connectivity index (χ2n) is 6.57. The van der Waals surface area contributed by atoms with Crippen molar-refractivity contribution in [2.45, 2.75) is 50.5 Å². The molecule has 0 unspecified atom stereocenters. The van der Waals surface area contributed by atoms with Crippen LogP contribution in [0.3, 0.4) is 0 Å². The van der Waals surface area contributed by atoms with Gasteiger partial charge in [0.1, 0.15) is 5.75 Å². The van der Waals surface area contributed by atoms with Gasteiger partial charge in [-0.2, -0.15) is 4.31 Å². The van der Waals surface area contributed by atoms with Crippen LogP contribution in [0.2, 0.25) is 0 Å². The highest BCUT2D eigenvalue weighted by Gasteiger charge is 2.27. The van der Waals surface area contributed by atoms with Crippen LogP contribution in [0.1, 0.15) is 39.5 Å². The molecule has 0 saturated carbocycles. The van der Waals surface area contributed by atoms with Gasteiger partial charge in [-0.3, -0.25) is 4.79 Å². The maximum absolute atomic E-state index is 12.8. The third-order valence-electron chi connectivity index (χ3n) is 4.62. The highest BCUT2D eigenvalue weighted by atomic mass is 32.2. The standard InChI is InChI=1S/C18H29N3O4S/c1-4-14(2)19-13-18(22)20-16-12-15(8-9-17(16)25-3)26(23,24)21-10-6-5-7-11-21/h8-9,12,14,19H,4-7,10-11,13H2,1-3H3,(H,20,22)/t14-/m1/s1. The smallest absolute Gasteiger partial charge is 0.243 e. The van der Waals surface area contributed by atoms with Gasteiger partial charge in [-0.15, -0.1) is 0 Å². The quantitative estimate of drug-likeness (QED) is 0.718. The van der Waals surface area contributed by atoms with Crippen LogP contribution >= 0.6 is 0 Å². The van der Waals surface area contributed by atoms with E-state index in [0.29, 0.717) is 24.5 Å². The molecule has 1 aromatic carbocycles. The SMILES string of the molecule is CC[C@@H](C)NCC(=O)Nc1cc(S(=O)(=O)N2CCCCC2)ccc1OC. The lowest BCUT2D eigenvalue weighted by Crippen LogP contribution is -2.36.